The van der Waals surface area contributed by atoms with Crippen molar-refractivity contribution >= 4 is 5.91 Å². The van der Waals surface area contributed by atoms with E-state index in [1.807, 2.05) is 0 Å². The van der Waals surface area contributed by atoms with Crippen LogP contribution in [0.3, 0.4) is 0 Å². The summed E-state index contributed by atoms with van der Waals surface area (Å²) in [5.74, 6) is -0.0346. The highest BCUT2D eigenvalue weighted by molar-refractivity contribution is 5.94. The molecule has 1 aliphatic carbocycles. The van der Waals surface area contributed by atoms with Crippen LogP contribution in [-0.2, 0) is 6.54 Å². The summed E-state index contributed by atoms with van der Waals surface area (Å²) in [5, 5.41) is 3.00. The molecule has 0 saturated heterocycles. The van der Waals surface area contributed by atoms with Gasteiger partial charge in [0.25, 0.3) is 5.91 Å². The Morgan fingerprint density at radius 1 is 1.69 bits per heavy atom. The molecule has 0 aromatic carbocycles. The van der Waals surface area contributed by atoms with Gasteiger partial charge in [-0.1, -0.05) is 13.8 Å². The Kier molecular flexibility index (Phi) is 2.68. The van der Waals surface area contributed by atoms with Crippen molar-refractivity contribution in [3.05, 3.63) is 29.6 Å². The van der Waals surface area contributed by atoms with Gasteiger partial charge in [0.15, 0.2) is 0 Å². The van der Waals surface area contributed by atoms with E-state index in [1.54, 1.807) is 18.3 Å². The highest BCUT2D eigenvalue weighted by atomic mass is 16.1. The molecule has 86 valence electrons. The van der Waals surface area contributed by atoms with Gasteiger partial charge in [-0.2, -0.15) is 0 Å². The molecule has 0 radical (unpaired) electrons. The molecule has 0 bridgehead atoms. The number of carbonyl (C=O) groups excluding carboxylic acids is 1. The van der Waals surface area contributed by atoms with Gasteiger partial charge in [-0.05, 0) is 24.0 Å². The molecule has 3 N–H and O–H groups in total. The summed E-state index contributed by atoms with van der Waals surface area (Å²) in [5.41, 5.74) is 7.11. The van der Waals surface area contributed by atoms with Crippen LogP contribution in [0.1, 0.15) is 36.3 Å². The fourth-order valence-corrected chi connectivity index (χ4v) is 1.69. The largest absolute Gasteiger partial charge is 0.349 e. The van der Waals surface area contributed by atoms with E-state index in [-0.39, 0.29) is 11.3 Å². The van der Waals surface area contributed by atoms with E-state index in [0.717, 1.165) is 12.1 Å². The lowest BCUT2D eigenvalue weighted by Gasteiger charge is -2.07. The van der Waals surface area contributed by atoms with Gasteiger partial charge in [-0.15, -0.1) is 0 Å². The van der Waals surface area contributed by atoms with Crippen LogP contribution in [0.15, 0.2) is 18.3 Å². The number of nitrogens with two attached hydrogens (primary N) is 1. The Morgan fingerprint density at radius 2 is 2.38 bits per heavy atom. The second kappa shape index (κ2) is 3.87. The fourth-order valence-electron chi connectivity index (χ4n) is 1.69. The summed E-state index contributed by atoms with van der Waals surface area (Å²) in [6.07, 6.45) is 2.67. The van der Waals surface area contributed by atoms with Crippen LogP contribution in [0.2, 0.25) is 0 Å². The Labute approximate surface area is 95.3 Å². The predicted molar refractivity (Wildman–Crippen MR) is 61.8 cm³/mol. The van der Waals surface area contributed by atoms with E-state index >= 15 is 0 Å². The lowest BCUT2D eigenvalue weighted by Crippen LogP contribution is -2.28. The normalized spacial score (nSPS) is 21.6. The molecular weight excluding hydrogens is 202 g/mol. The minimum atomic E-state index is -0.0346. The summed E-state index contributed by atoms with van der Waals surface area (Å²) in [6.45, 7) is 4.65. The van der Waals surface area contributed by atoms with Crippen LogP contribution >= 0.6 is 0 Å². The lowest BCUT2D eigenvalue weighted by molar-refractivity contribution is 0.0946. The van der Waals surface area contributed by atoms with E-state index in [4.69, 9.17) is 5.73 Å². The minimum Gasteiger partial charge on any atom is -0.349 e. The van der Waals surface area contributed by atoms with E-state index in [9.17, 15) is 4.79 Å². The summed E-state index contributed by atoms with van der Waals surface area (Å²) in [6, 6.07) is 3.75. The van der Waals surface area contributed by atoms with Gasteiger partial charge in [0.1, 0.15) is 0 Å². The first-order chi connectivity index (χ1) is 7.53. The number of pyridine rings is 1. The van der Waals surface area contributed by atoms with E-state index in [2.05, 4.69) is 24.1 Å². The third-order valence-corrected chi connectivity index (χ3v) is 3.11. The molecule has 1 atom stereocenters. The Morgan fingerprint density at radius 3 is 2.94 bits per heavy atom. The molecule has 1 amide bonds. The lowest BCUT2D eigenvalue weighted by atomic mass is 10.1. The molecule has 1 unspecified atom stereocenters. The fraction of sp³-hybridized carbons (Fsp3) is 0.500. The number of rotatable bonds is 3. The molecule has 0 spiro atoms. The quantitative estimate of drug-likeness (QED) is 0.799. The van der Waals surface area contributed by atoms with Crippen molar-refractivity contribution < 1.29 is 4.79 Å². The van der Waals surface area contributed by atoms with Crippen LogP contribution in [0.25, 0.3) is 0 Å². The van der Waals surface area contributed by atoms with Gasteiger partial charge >= 0.3 is 0 Å². The van der Waals surface area contributed by atoms with Gasteiger partial charge in [0.2, 0.25) is 0 Å². The van der Waals surface area contributed by atoms with Crippen molar-refractivity contribution in [2.24, 2.45) is 11.1 Å². The van der Waals surface area contributed by atoms with E-state index < -0.39 is 0 Å². The average molecular weight is 219 g/mol. The van der Waals surface area contributed by atoms with Gasteiger partial charge in [0, 0.05) is 24.3 Å². The van der Waals surface area contributed by atoms with Gasteiger partial charge < -0.3 is 11.1 Å². The molecule has 1 aromatic rings. The molecule has 1 saturated carbocycles. The third kappa shape index (κ3) is 2.22. The Hall–Kier alpha value is -1.42. The van der Waals surface area contributed by atoms with Crippen LogP contribution in [-0.4, -0.2) is 16.9 Å². The standard InChI is InChI=1S/C12H17N3O/c1-12(2)6-10(12)15-11(16)8-3-4-14-9(5-8)7-13/h3-5,10H,6-7,13H2,1-2H3,(H,15,16). The molecule has 2 rings (SSSR count). The van der Waals surface area contributed by atoms with Crippen molar-refractivity contribution in [2.45, 2.75) is 32.9 Å². The smallest absolute Gasteiger partial charge is 0.251 e. The molecule has 1 heterocycles. The van der Waals surface area contributed by atoms with Crippen molar-refractivity contribution in [1.82, 2.24) is 10.3 Å². The van der Waals surface area contributed by atoms with Crippen LogP contribution < -0.4 is 11.1 Å². The number of nitrogens with one attached hydrogen (secondary N) is 1. The van der Waals surface area contributed by atoms with Crippen molar-refractivity contribution in [2.75, 3.05) is 0 Å². The second-order valence-electron chi connectivity index (χ2n) is 4.96. The zero-order valence-corrected chi connectivity index (χ0v) is 9.66. The average Bonchev–Trinajstić information content (AvgIpc) is 2.86. The predicted octanol–water partition coefficient (Wildman–Crippen LogP) is 1.07. The highest BCUT2D eigenvalue weighted by Gasteiger charge is 2.46. The summed E-state index contributed by atoms with van der Waals surface area (Å²) < 4.78 is 0. The Bertz CT molecular complexity index is 414. The third-order valence-electron chi connectivity index (χ3n) is 3.11. The van der Waals surface area contributed by atoms with Crippen LogP contribution in [0.4, 0.5) is 0 Å². The molecule has 1 aliphatic rings. The maximum atomic E-state index is 11.9. The molecule has 4 nitrogen and oxygen atoms in total. The summed E-state index contributed by atoms with van der Waals surface area (Å²) in [7, 11) is 0. The first-order valence-electron chi connectivity index (χ1n) is 5.49. The maximum absolute atomic E-state index is 11.9. The SMILES string of the molecule is CC1(C)CC1NC(=O)c1ccnc(CN)c1. The molecule has 0 aliphatic heterocycles. The highest BCUT2D eigenvalue weighted by Crippen LogP contribution is 2.44. The number of nitrogens with zero attached hydrogens (tertiary/aromatic N) is 1. The molecule has 4 heteroatoms. The van der Waals surface area contributed by atoms with Gasteiger partial charge in [-0.3, -0.25) is 9.78 Å². The molecule has 1 aromatic heterocycles. The van der Waals surface area contributed by atoms with Crippen molar-refractivity contribution in [3.63, 3.8) is 0 Å². The van der Waals surface area contributed by atoms with Crippen molar-refractivity contribution in [1.29, 1.82) is 0 Å². The van der Waals surface area contributed by atoms with Gasteiger partial charge in [0.05, 0.1) is 5.69 Å². The topological polar surface area (TPSA) is 68.0 Å². The number of amides is 1. The number of carbonyl (C=O) groups is 1. The number of hydrogen-bond acceptors (Lipinski definition) is 3. The van der Waals surface area contributed by atoms with Crippen LogP contribution in [0, 0.1) is 5.41 Å². The van der Waals surface area contributed by atoms with Crippen LogP contribution in [0.5, 0.6) is 0 Å². The first kappa shape index (κ1) is 11.1. The Balaban J connectivity index is 2.04. The van der Waals surface area contributed by atoms with Crippen molar-refractivity contribution in [3.8, 4) is 0 Å². The number of hydrogen-bond donors (Lipinski definition) is 2. The monoisotopic (exact) mass is 219 g/mol. The maximum Gasteiger partial charge on any atom is 0.251 e. The molecule has 16 heavy (non-hydrogen) atoms. The molecule has 1 fully saturated rings. The van der Waals surface area contributed by atoms with E-state index in [1.165, 1.54) is 0 Å². The summed E-state index contributed by atoms with van der Waals surface area (Å²) in [4.78, 5) is 15.9. The zero-order valence-electron chi connectivity index (χ0n) is 9.66. The number of aromatic nitrogens is 1. The summed E-state index contributed by atoms with van der Waals surface area (Å²) >= 11 is 0. The van der Waals surface area contributed by atoms with E-state index in [0.29, 0.717) is 18.2 Å². The minimum absolute atomic E-state index is 0.0346. The van der Waals surface area contributed by atoms with Gasteiger partial charge in [-0.25, -0.2) is 0 Å². The zero-order chi connectivity index (χ0) is 11.8. The second-order valence-corrected chi connectivity index (χ2v) is 4.96. The first-order valence-corrected chi connectivity index (χ1v) is 5.49. The molecular formula is C12H17N3O.